The lowest BCUT2D eigenvalue weighted by Crippen LogP contribution is -2.46. The number of hydrogen-bond acceptors (Lipinski definition) is 3. The highest BCUT2D eigenvalue weighted by molar-refractivity contribution is 4.87. The van der Waals surface area contributed by atoms with Crippen LogP contribution in [0.3, 0.4) is 0 Å². The van der Waals surface area contributed by atoms with Gasteiger partial charge in [0.05, 0.1) is 6.61 Å². The molecule has 2 rings (SSSR count). The fourth-order valence-corrected chi connectivity index (χ4v) is 3.79. The molecule has 0 bridgehead atoms. The minimum Gasteiger partial charge on any atom is -0.395 e. The monoisotopic (exact) mass is 268 g/mol. The van der Waals surface area contributed by atoms with Crippen molar-refractivity contribution in [3.05, 3.63) is 0 Å². The highest BCUT2D eigenvalue weighted by atomic mass is 16.3. The van der Waals surface area contributed by atoms with Gasteiger partial charge in [0.1, 0.15) is 0 Å². The molecule has 1 aliphatic carbocycles. The summed E-state index contributed by atoms with van der Waals surface area (Å²) >= 11 is 0. The van der Waals surface area contributed by atoms with Crippen LogP contribution in [0.5, 0.6) is 0 Å². The average molecular weight is 268 g/mol. The van der Waals surface area contributed by atoms with Crippen LogP contribution in [0.2, 0.25) is 0 Å². The van der Waals surface area contributed by atoms with E-state index in [4.69, 9.17) is 0 Å². The topological polar surface area (TPSA) is 35.5 Å². The van der Waals surface area contributed by atoms with Gasteiger partial charge in [-0.05, 0) is 56.5 Å². The van der Waals surface area contributed by atoms with Gasteiger partial charge in [0.25, 0.3) is 0 Å². The Morgan fingerprint density at radius 2 is 1.84 bits per heavy atom. The third-order valence-corrected chi connectivity index (χ3v) is 5.17. The van der Waals surface area contributed by atoms with E-state index in [1.807, 2.05) is 0 Å². The van der Waals surface area contributed by atoms with Gasteiger partial charge in [-0.1, -0.05) is 20.8 Å². The molecule has 0 aromatic carbocycles. The van der Waals surface area contributed by atoms with E-state index in [0.717, 1.165) is 25.0 Å². The van der Waals surface area contributed by atoms with Gasteiger partial charge in [-0.15, -0.1) is 0 Å². The molecule has 0 spiro atoms. The number of nitrogens with zero attached hydrogens (tertiary/aromatic N) is 1. The lowest BCUT2D eigenvalue weighted by molar-refractivity contribution is 0.0885. The molecule has 19 heavy (non-hydrogen) atoms. The van der Waals surface area contributed by atoms with Crippen molar-refractivity contribution in [2.24, 2.45) is 11.3 Å². The summed E-state index contributed by atoms with van der Waals surface area (Å²) in [5.41, 5.74) is 0.471. The molecule has 1 unspecified atom stereocenters. The molecule has 1 saturated carbocycles. The maximum atomic E-state index is 9.39. The van der Waals surface area contributed by atoms with E-state index in [1.165, 1.54) is 38.6 Å². The Labute approximate surface area is 118 Å². The van der Waals surface area contributed by atoms with Crippen LogP contribution >= 0.6 is 0 Å². The minimum atomic E-state index is 0.272. The zero-order valence-corrected chi connectivity index (χ0v) is 13.0. The molecule has 0 aromatic rings. The second-order valence-electron chi connectivity index (χ2n) is 7.55. The number of aliphatic hydroxyl groups excluding tert-OH is 1. The number of nitrogens with one attached hydrogen (secondary N) is 1. The van der Waals surface area contributed by atoms with Crippen molar-refractivity contribution >= 4 is 0 Å². The van der Waals surface area contributed by atoms with Gasteiger partial charge in [0.2, 0.25) is 0 Å². The van der Waals surface area contributed by atoms with Crippen molar-refractivity contribution in [1.29, 1.82) is 0 Å². The zero-order chi connectivity index (χ0) is 13.9. The molecule has 0 radical (unpaired) electrons. The second kappa shape index (κ2) is 6.55. The summed E-state index contributed by atoms with van der Waals surface area (Å²) in [4.78, 5) is 2.64. The molecule has 0 amide bonds. The van der Waals surface area contributed by atoms with Gasteiger partial charge in [-0.3, -0.25) is 4.90 Å². The Morgan fingerprint density at radius 3 is 2.42 bits per heavy atom. The van der Waals surface area contributed by atoms with E-state index in [9.17, 15) is 5.11 Å². The van der Waals surface area contributed by atoms with Gasteiger partial charge < -0.3 is 10.4 Å². The van der Waals surface area contributed by atoms with E-state index in [-0.39, 0.29) is 12.6 Å². The summed E-state index contributed by atoms with van der Waals surface area (Å²) in [7, 11) is 0. The summed E-state index contributed by atoms with van der Waals surface area (Å²) in [6.07, 6.45) is 6.67. The van der Waals surface area contributed by atoms with Crippen LogP contribution in [-0.2, 0) is 0 Å². The van der Waals surface area contributed by atoms with E-state index >= 15 is 0 Å². The first-order chi connectivity index (χ1) is 9.00. The minimum absolute atomic E-state index is 0.272. The Kier molecular flexibility index (Phi) is 5.27. The predicted molar refractivity (Wildman–Crippen MR) is 80.3 cm³/mol. The first-order valence-corrected chi connectivity index (χ1v) is 8.09. The zero-order valence-electron chi connectivity index (χ0n) is 13.0. The molecule has 1 saturated heterocycles. The molecule has 2 fully saturated rings. The van der Waals surface area contributed by atoms with Crippen molar-refractivity contribution < 1.29 is 5.11 Å². The Bertz CT molecular complexity index is 266. The van der Waals surface area contributed by atoms with Crippen molar-refractivity contribution in [3.63, 3.8) is 0 Å². The van der Waals surface area contributed by atoms with Crippen LogP contribution in [0, 0.1) is 11.3 Å². The fourth-order valence-electron chi connectivity index (χ4n) is 3.79. The van der Waals surface area contributed by atoms with Crippen LogP contribution in [0.25, 0.3) is 0 Å². The van der Waals surface area contributed by atoms with Crippen LogP contribution < -0.4 is 5.32 Å². The lowest BCUT2D eigenvalue weighted by atomic mass is 9.71. The molecule has 3 nitrogen and oxygen atoms in total. The second-order valence-corrected chi connectivity index (χ2v) is 7.55. The summed E-state index contributed by atoms with van der Waals surface area (Å²) in [5.74, 6) is 0.891. The molecule has 1 heterocycles. The Hall–Kier alpha value is -0.120. The third kappa shape index (κ3) is 4.17. The Morgan fingerprint density at radius 1 is 1.16 bits per heavy atom. The van der Waals surface area contributed by atoms with E-state index in [2.05, 4.69) is 31.0 Å². The lowest BCUT2D eigenvalue weighted by Gasteiger charge is -2.41. The van der Waals surface area contributed by atoms with Crippen LogP contribution in [0.15, 0.2) is 0 Å². The summed E-state index contributed by atoms with van der Waals surface area (Å²) in [6, 6.07) is 1.04. The SMILES string of the molecule is CC(C)(C)C1CCC(N2CCCNC(CO)C2)CC1. The van der Waals surface area contributed by atoms with Crippen molar-refractivity contribution in [2.45, 2.75) is 65.0 Å². The summed E-state index contributed by atoms with van der Waals surface area (Å²) < 4.78 is 0. The standard InChI is InChI=1S/C16H32N2O/c1-16(2,3)13-5-7-15(8-6-13)18-10-4-9-17-14(11-18)12-19/h13-15,17,19H,4-12H2,1-3H3. The van der Waals surface area contributed by atoms with E-state index < -0.39 is 0 Å². The molecule has 112 valence electrons. The van der Waals surface area contributed by atoms with Crippen molar-refractivity contribution in [2.75, 3.05) is 26.2 Å². The molecular formula is C16H32N2O. The summed E-state index contributed by atoms with van der Waals surface area (Å²) in [5, 5.41) is 12.8. The first kappa shape index (κ1) is 15.3. The first-order valence-electron chi connectivity index (χ1n) is 8.09. The maximum Gasteiger partial charge on any atom is 0.0597 e. The smallest absolute Gasteiger partial charge is 0.0597 e. The maximum absolute atomic E-state index is 9.39. The molecule has 2 N–H and O–H groups in total. The van der Waals surface area contributed by atoms with E-state index in [0.29, 0.717) is 5.41 Å². The molecular weight excluding hydrogens is 236 g/mol. The van der Waals surface area contributed by atoms with Gasteiger partial charge >= 0.3 is 0 Å². The van der Waals surface area contributed by atoms with Crippen LogP contribution in [0.4, 0.5) is 0 Å². The molecule has 2 aliphatic rings. The number of rotatable bonds is 2. The highest BCUT2D eigenvalue weighted by Crippen LogP contribution is 2.39. The van der Waals surface area contributed by atoms with Gasteiger partial charge in [0.15, 0.2) is 0 Å². The van der Waals surface area contributed by atoms with Crippen molar-refractivity contribution in [1.82, 2.24) is 10.2 Å². The third-order valence-electron chi connectivity index (χ3n) is 5.17. The Balaban J connectivity index is 1.86. The predicted octanol–water partition coefficient (Wildman–Crippen LogP) is 2.25. The number of hydrogen-bond donors (Lipinski definition) is 2. The molecule has 3 heteroatoms. The highest BCUT2D eigenvalue weighted by Gasteiger charge is 2.32. The van der Waals surface area contributed by atoms with Gasteiger partial charge in [0, 0.05) is 18.6 Å². The number of aliphatic hydroxyl groups is 1. The van der Waals surface area contributed by atoms with Gasteiger partial charge in [-0.2, -0.15) is 0 Å². The normalized spacial score (nSPS) is 35.1. The summed E-state index contributed by atoms with van der Waals surface area (Å²) in [6.45, 7) is 10.7. The van der Waals surface area contributed by atoms with E-state index in [1.54, 1.807) is 0 Å². The van der Waals surface area contributed by atoms with Gasteiger partial charge in [-0.25, -0.2) is 0 Å². The van der Waals surface area contributed by atoms with Crippen LogP contribution in [-0.4, -0.2) is 48.3 Å². The molecule has 0 aromatic heterocycles. The molecule has 1 aliphatic heterocycles. The average Bonchev–Trinajstić information content (AvgIpc) is 2.63. The van der Waals surface area contributed by atoms with Crippen LogP contribution in [0.1, 0.15) is 52.9 Å². The van der Waals surface area contributed by atoms with Crippen molar-refractivity contribution in [3.8, 4) is 0 Å². The largest absolute Gasteiger partial charge is 0.395 e. The fraction of sp³-hybridized carbons (Fsp3) is 1.00. The molecule has 1 atom stereocenters. The quantitative estimate of drug-likeness (QED) is 0.806.